The molecule has 1 atom stereocenters. The van der Waals surface area contributed by atoms with Crippen molar-refractivity contribution < 1.29 is 9.47 Å². The van der Waals surface area contributed by atoms with Gasteiger partial charge in [0.25, 0.3) is 0 Å². The first-order valence-corrected chi connectivity index (χ1v) is 3.24. The zero-order valence-corrected chi connectivity index (χ0v) is 6.41. The molecule has 1 unspecified atom stereocenters. The number of rotatable bonds is 5. The number of hydrogen-bond acceptors (Lipinski definition) is 3. The van der Waals surface area contributed by atoms with E-state index in [9.17, 15) is 0 Å². The van der Waals surface area contributed by atoms with E-state index in [0.29, 0.717) is 13.2 Å². The van der Waals surface area contributed by atoms with Crippen LogP contribution in [-0.2, 0) is 9.47 Å². The first kappa shape index (κ1) is 9.90. The van der Waals surface area contributed by atoms with Gasteiger partial charge in [0.05, 0.1) is 6.07 Å². The quantitative estimate of drug-likeness (QED) is 0.334. The first-order valence-electron chi connectivity index (χ1n) is 3.24. The highest BCUT2D eigenvalue weighted by Gasteiger charge is 2.00. The standard InChI is InChI=1S/C7H10N2O2/c1-7(10-5-3-8)11-6-4-9-2/h7H,4-6H2,1H3. The Labute approximate surface area is 66.2 Å². The van der Waals surface area contributed by atoms with Gasteiger partial charge >= 0.3 is 0 Å². The zero-order chi connectivity index (χ0) is 8.53. The summed E-state index contributed by atoms with van der Waals surface area (Å²) in [5.74, 6) is 0. The molecule has 0 N–H and O–H groups in total. The van der Waals surface area contributed by atoms with Gasteiger partial charge in [0.15, 0.2) is 6.29 Å². The highest BCUT2D eigenvalue weighted by atomic mass is 16.7. The van der Waals surface area contributed by atoms with E-state index in [0.717, 1.165) is 0 Å². The second kappa shape index (κ2) is 7.01. The molecule has 60 valence electrons. The third-order valence-electron chi connectivity index (χ3n) is 0.938. The maximum absolute atomic E-state index is 8.11. The predicted molar refractivity (Wildman–Crippen MR) is 38.4 cm³/mol. The summed E-state index contributed by atoms with van der Waals surface area (Å²) in [7, 11) is 0. The van der Waals surface area contributed by atoms with Crippen LogP contribution in [0.5, 0.6) is 0 Å². The summed E-state index contributed by atoms with van der Waals surface area (Å²) >= 11 is 0. The molecule has 0 aromatic carbocycles. The second-order valence-electron chi connectivity index (χ2n) is 1.79. The van der Waals surface area contributed by atoms with Crippen molar-refractivity contribution in [1.29, 1.82) is 5.26 Å². The van der Waals surface area contributed by atoms with Gasteiger partial charge in [0.1, 0.15) is 13.2 Å². The molecule has 4 heteroatoms. The molecule has 4 nitrogen and oxygen atoms in total. The Balaban J connectivity index is 3.18. The van der Waals surface area contributed by atoms with Crippen molar-refractivity contribution in [3.05, 3.63) is 11.4 Å². The lowest BCUT2D eigenvalue weighted by Gasteiger charge is -2.08. The molecule has 0 aromatic heterocycles. The van der Waals surface area contributed by atoms with Gasteiger partial charge in [-0.2, -0.15) is 5.26 Å². The van der Waals surface area contributed by atoms with Crippen LogP contribution in [0, 0.1) is 17.9 Å². The summed E-state index contributed by atoms with van der Waals surface area (Å²) in [5.41, 5.74) is 0. The van der Waals surface area contributed by atoms with Crippen molar-refractivity contribution >= 4 is 0 Å². The average Bonchev–Trinajstić information content (AvgIpc) is 2.01. The van der Waals surface area contributed by atoms with E-state index in [-0.39, 0.29) is 6.61 Å². The third kappa shape index (κ3) is 6.79. The SMILES string of the molecule is [C-]#[N+]CCOC(C)OCC#N. The Morgan fingerprint density at radius 3 is 2.91 bits per heavy atom. The van der Waals surface area contributed by atoms with Crippen molar-refractivity contribution in [2.24, 2.45) is 0 Å². The molecule has 11 heavy (non-hydrogen) atoms. The van der Waals surface area contributed by atoms with Crippen LogP contribution in [0.3, 0.4) is 0 Å². The van der Waals surface area contributed by atoms with Crippen LogP contribution >= 0.6 is 0 Å². The minimum absolute atomic E-state index is 0.0270. The fraction of sp³-hybridized carbons (Fsp3) is 0.714. The van der Waals surface area contributed by atoms with Crippen molar-refractivity contribution in [2.45, 2.75) is 13.2 Å². The summed E-state index contributed by atoms with van der Waals surface area (Å²) in [6.07, 6.45) is -0.392. The fourth-order valence-corrected chi connectivity index (χ4v) is 0.467. The number of nitrogens with zero attached hydrogens (tertiary/aromatic N) is 2. The fourth-order valence-electron chi connectivity index (χ4n) is 0.467. The third-order valence-corrected chi connectivity index (χ3v) is 0.938. The van der Waals surface area contributed by atoms with E-state index in [1.54, 1.807) is 6.92 Å². The van der Waals surface area contributed by atoms with Crippen LogP contribution in [-0.4, -0.2) is 26.0 Å². The van der Waals surface area contributed by atoms with Gasteiger partial charge in [-0.1, -0.05) is 0 Å². The summed E-state index contributed by atoms with van der Waals surface area (Å²) in [5, 5.41) is 8.11. The Hall–Kier alpha value is -1.10. The van der Waals surface area contributed by atoms with E-state index in [1.807, 2.05) is 6.07 Å². The Morgan fingerprint density at radius 2 is 2.36 bits per heavy atom. The van der Waals surface area contributed by atoms with E-state index in [2.05, 4.69) is 4.85 Å². The number of ether oxygens (including phenoxy) is 2. The molecule has 0 aromatic rings. The summed E-state index contributed by atoms with van der Waals surface area (Å²) in [6.45, 7) is 8.85. The van der Waals surface area contributed by atoms with Gasteiger partial charge in [-0.15, -0.1) is 0 Å². The van der Waals surface area contributed by atoms with Crippen LogP contribution < -0.4 is 0 Å². The predicted octanol–water partition coefficient (Wildman–Crippen LogP) is 0.808. The van der Waals surface area contributed by atoms with Crippen molar-refractivity contribution in [3.63, 3.8) is 0 Å². The van der Waals surface area contributed by atoms with Crippen molar-refractivity contribution in [1.82, 2.24) is 0 Å². The molecule has 0 aliphatic rings. The Morgan fingerprint density at radius 1 is 1.64 bits per heavy atom. The van der Waals surface area contributed by atoms with E-state index in [4.69, 9.17) is 21.3 Å². The van der Waals surface area contributed by atoms with Gasteiger partial charge in [-0.05, 0) is 6.92 Å². The lowest BCUT2D eigenvalue weighted by atomic mass is 10.6. The molecule has 0 radical (unpaired) electrons. The maximum atomic E-state index is 8.11. The number of nitriles is 1. The maximum Gasteiger partial charge on any atom is 0.237 e. The lowest BCUT2D eigenvalue weighted by molar-refractivity contribution is -0.117. The van der Waals surface area contributed by atoms with Crippen molar-refractivity contribution in [2.75, 3.05) is 19.8 Å². The summed E-state index contributed by atoms with van der Waals surface area (Å²) in [6, 6.07) is 1.83. The minimum Gasteiger partial charge on any atom is -0.345 e. The van der Waals surface area contributed by atoms with E-state index in [1.165, 1.54) is 0 Å². The normalized spacial score (nSPS) is 11.5. The molecule has 0 saturated carbocycles. The van der Waals surface area contributed by atoms with Crippen LogP contribution in [0.1, 0.15) is 6.92 Å². The van der Waals surface area contributed by atoms with Gasteiger partial charge in [-0.25, -0.2) is 6.57 Å². The molecule has 0 rings (SSSR count). The zero-order valence-electron chi connectivity index (χ0n) is 6.41. The van der Waals surface area contributed by atoms with Gasteiger partial charge in [0, 0.05) is 0 Å². The van der Waals surface area contributed by atoms with Crippen LogP contribution in [0.2, 0.25) is 0 Å². The molecule has 0 heterocycles. The molecule has 0 aliphatic carbocycles. The smallest absolute Gasteiger partial charge is 0.237 e. The molecule has 0 aliphatic heterocycles. The topological polar surface area (TPSA) is 46.6 Å². The van der Waals surface area contributed by atoms with Crippen LogP contribution in [0.25, 0.3) is 4.85 Å². The number of hydrogen-bond donors (Lipinski definition) is 0. The molecular formula is C7H10N2O2. The van der Waals surface area contributed by atoms with Crippen molar-refractivity contribution in [3.8, 4) is 6.07 Å². The van der Waals surface area contributed by atoms with Crippen LogP contribution in [0.4, 0.5) is 0 Å². The highest BCUT2D eigenvalue weighted by molar-refractivity contribution is 4.66. The molecule has 0 bridgehead atoms. The average molecular weight is 154 g/mol. The lowest BCUT2D eigenvalue weighted by Crippen LogP contribution is -2.14. The van der Waals surface area contributed by atoms with Gasteiger partial charge in [0.2, 0.25) is 6.54 Å². The monoisotopic (exact) mass is 154 g/mol. The van der Waals surface area contributed by atoms with Gasteiger partial charge in [-0.3, -0.25) is 0 Å². The summed E-state index contributed by atoms with van der Waals surface area (Å²) in [4.78, 5) is 3.09. The first-order chi connectivity index (χ1) is 5.31. The van der Waals surface area contributed by atoms with Crippen LogP contribution in [0.15, 0.2) is 0 Å². The molecule has 0 saturated heterocycles. The molecule has 0 fully saturated rings. The minimum atomic E-state index is -0.392. The van der Waals surface area contributed by atoms with E-state index < -0.39 is 6.29 Å². The second-order valence-corrected chi connectivity index (χ2v) is 1.79. The Bertz CT molecular complexity index is 168. The molecular weight excluding hydrogens is 144 g/mol. The molecule has 0 amide bonds. The van der Waals surface area contributed by atoms with E-state index >= 15 is 0 Å². The highest BCUT2D eigenvalue weighted by Crippen LogP contribution is 1.91. The molecule has 0 spiro atoms. The van der Waals surface area contributed by atoms with Gasteiger partial charge < -0.3 is 14.3 Å². The summed E-state index contributed by atoms with van der Waals surface area (Å²) < 4.78 is 9.85. The Kier molecular flexibility index (Phi) is 6.31. The largest absolute Gasteiger partial charge is 0.345 e.